The molecule has 0 aliphatic carbocycles. The van der Waals surface area contributed by atoms with E-state index in [2.05, 4.69) is 0 Å². The molecule has 0 aromatic heterocycles. The molecule has 0 bridgehead atoms. The highest BCUT2D eigenvalue weighted by Gasteiger charge is 2.26. The summed E-state index contributed by atoms with van der Waals surface area (Å²) in [6.07, 6.45) is 1.68. The van der Waals surface area contributed by atoms with Gasteiger partial charge >= 0.3 is 0 Å². The molecule has 3 aromatic rings. The number of benzene rings is 3. The Kier molecular flexibility index (Phi) is 6.22. The fourth-order valence-electron chi connectivity index (χ4n) is 2.73. The molecule has 0 radical (unpaired) electrons. The molecule has 0 fully saturated rings. The lowest BCUT2D eigenvalue weighted by Gasteiger charge is -2.24. The highest BCUT2D eigenvalue weighted by atomic mass is 35.5. The van der Waals surface area contributed by atoms with Crippen molar-refractivity contribution in [2.75, 3.05) is 0 Å². The summed E-state index contributed by atoms with van der Waals surface area (Å²) in [4.78, 5) is 0.212. The van der Waals surface area contributed by atoms with Crippen LogP contribution in [0.3, 0.4) is 0 Å². The van der Waals surface area contributed by atoms with E-state index < -0.39 is 10.0 Å². The van der Waals surface area contributed by atoms with Crippen LogP contribution in [0.2, 0.25) is 0 Å². The summed E-state index contributed by atoms with van der Waals surface area (Å²) in [5, 5.41) is 0.147. The zero-order chi connectivity index (χ0) is 20.1. The lowest BCUT2D eigenvalue weighted by Crippen LogP contribution is -2.28. The van der Waals surface area contributed by atoms with E-state index >= 15 is 0 Å². The lowest BCUT2D eigenvalue weighted by atomic mass is 10.1. The molecule has 0 spiro atoms. The summed E-state index contributed by atoms with van der Waals surface area (Å²) in [6, 6.07) is 24.0. The Bertz CT molecular complexity index is 1060. The number of halogens is 1. The minimum atomic E-state index is -3.81. The van der Waals surface area contributed by atoms with Gasteiger partial charge in [0.15, 0.2) is 0 Å². The molecule has 0 unspecified atom stereocenters. The Labute approximate surface area is 172 Å². The fourth-order valence-corrected chi connectivity index (χ4v) is 4.53. The second kappa shape index (κ2) is 8.63. The maximum absolute atomic E-state index is 13.3. The van der Waals surface area contributed by atoms with Crippen LogP contribution in [-0.4, -0.2) is 12.7 Å². The van der Waals surface area contributed by atoms with Gasteiger partial charge < -0.3 is 0 Å². The average Bonchev–Trinajstić information content (AvgIpc) is 2.69. The lowest BCUT2D eigenvalue weighted by molar-refractivity contribution is 0.489. The number of hydrogen-bond acceptors (Lipinski definition) is 2. The quantitative estimate of drug-likeness (QED) is 0.485. The first-order valence-electron chi connectivity index (χ1n) is 8.93. The van der Waals surface area contributed by atoms with Gasteiger partial charge in [0.05, 0.1) is 11.4 Å². The van der Waals surface area contributed by atoms with E-state index in [0.29, 0.717) is 0 Å². The van der Waals surface area contributed by atoms with E-state index in [-0.39, 0.29) is 16.6 Å². The number of hydrogen-bond donors (Lipinski definition) is 0. The second-order valence-electron chi connectivity index (χ2n) is 6.69. The summed E-state index contributed by atoms with van der Waals surface area (Å²) in [5.41, 5.74) is 3.82. The summed E-state index contributed by atoms with van der Waals surface area (Å²) in [7, 11) is -3.81. The van der Waals surface area contributed by atoms with Crippen molar-refractivity contribution >= 4 is 27.7 Å². The highest BCUT2D eigenvalue weighted by molar-refractivity contribution is 7.89. The van der Waals surface area contributed by atoms with Crippen LogP contribution in [0.25, 0.3) is 6.08 Å². The minimum absolute atomic E-state index is 0.147. The molecule has 0 saturated heterocycles. The highest BCUT2D eigenvalue weighted by Crippen LogP contribution is 2.27. The molecule has 5 heteroatoms. The number of aryl methyl sites for hydroxylation is 2. The van der Waals surface area contributed by atoms with E-state index in [0.717, 1.165) is 22.3 Å². The van der Waals surface area contributed by atoms with Gasteiger partial charge in [0, 0.05) is 0 Å². The maximum atomic E-state index is 13.3. The van der Waals surface area contributed by atoms with E-state index in [1.807, 2.05) is 68.4 Å². The summed E-state index contributed by atoms with van der Waals surface area (Å²) < 4.78 is 27.9. The van der Waals surface area contributed by atoms with Crippen LogP contribution in [0.5, 0.6) is 0 Å². The number of rotatable bonds is 6. The molecule has 0 amide bonds. The molecule has 0 saturated carbocycles. The zero-order valence-electron chi connectivity index (χ0n) is 15.8. The first-order valence-corrected chi connectivity index (χ1v) is 10.8. The monoisotopic (exact) mass is 411 g/mol. The molecule has 0 heterocycles. The van der Waals surface area contributed by atoms with Gasteiger partial charge in [-0.05, 0) is 43.2 Å². The van der Waals surface area contributed by atoms with Crippen molar-refractivity contribution in [3.05, 3.63) is 106 Å². The van der Waals surface area contributed by atoms with E-state index in [1.165, 1.54) is 4.31 Å². The van der Waals surface area contributed by atoms with Gasteiger partial charge in [-0.25, -0.2) is 8.42 Å². The molecule has 28 heavy (non-hydrogen) atoms. The van der Waals surface area contributed by atoms with Crippen LogP contribution in [0, 0.1) is 13.8 Å². The van der Waals surface area contributed by atoms with Crippen LogP contribution in [0.15, 0.2) is 88.9 Å². The van der Waals surface area contributed by atoms with E-state index in [1.54, 1.807) is 30.3 Å². The third-order valence-electron chi connectivity index (χ3n) is 4.38. The van der Waals surface area contributed by atoms with Gasteiger partial charge in [0.1, 0.15) is 5.16 Å². The standard InChI is InChI=1S/C23H22ClNO2S/c1-18-8-12-20(13-9-18)16-23(24)25(17-21-6-4-3-5-7-21)28(26,27)22-14-10-19(2)11-15-22/h3-16H,17H2,1-2H3/b23-16-. The summed E-state index contributed by atoms with van der Waals surface area (Å²) in [5.74, 6) is 0. The Morgan fingerprint density at radius 3 is 1.96 bits per heavy atom. The van der Waals surface area contributed by atoms with Gasteiger partial charge in [-0.1, -0.05) is 89.5 Å². The Morgan fingerprint density at radius 2 is 1.39 bits per heavy atom. The first-order chi connectivity index (χ1) is 13.4. The molecule has 0 aliphatic heterocycles. The molecular weight excluding hydrogens is 390 g/mol. The number of sulfonamides is 1. The summed E-state index contributed by atoms with van der Waals surface area (Å²) in [6.45, 7) is 4.07. The second-order valence-corrected chi connectivity index (χ2v) is 8.94. The SMILES string of the molecule is Cc1ccc(/C=C(/Cl)N(Cc2ccccc2)S(=O)(=O)c2ccc(C)cc2)cc1. The van der Waals surface area contributed by atoms with Gasteiger partial charge in [-0.15, -0.1) is 0 Å². The number of nitrogens with zero attached hydrogens (tertiary/aromatic N) is 1. The average molecular weight is 412 g/mol. The van der Waals surface area contributed by atoms with E-state index in [9.17, 15) is 8.42 Å². The van der Waals surface area contributed by atoms with E-state index in [4.69, 9.17) is 11.6 Å². The largest absolute Gasteiger partial charge is 0.265 e. The smallest absolute Gasteiger partial charge is 0.251 e. The fraction of sp³-hybridized carbons (Fsp3) is 0.130. The van der Waals surface area contributed by atoms with Crippen LogP contribution in [0.4, 0.5) is 0 Å². The van der Waals surface area contributed by atoms with Crippen molar-refractivity contribution in [2.24, 2.45) is 0 Å². The van der Waals surface area contributed by atoms with Crippen molar-refractivity contribution in [3.8, 4) is 0 Å². The Balaban J connectivity index is 2.03. The molecule has 3 aromatic carbocycles. The van der Waals surface area contributed by atoms with Crippen LogP contribution in [0.1, 0.15) is 22.3 Å². The van der Waals surface area contributed by atoms with Gasteiger partial charge in [0.2, 0.25) is 0 Å². The maximum Gasteiger partial charge on any atom is 0.265 e. The molecular formula is C23H22ClNO2S. The third-order valence-corrected chi connectivity index (χ3v) is 6.57. The predicted octanol–water partition coefficient (Wildman–Crippen LogP) is 5.73. The van der Waals surface area contributed by atoms with Crippen LogP contribution < -0.4 is 0 Å². The zero-order valence-corrected chi connectivity index (χ0v) is 17.4. The molecule has 3 rings (SSSR count). The normalized spacial score (nSPS) is 12.0. The van der Waals surface area contributed by atoms with Crippen molar-refractivity contribution in [3.63, 3.8) is 0 Å². The van der Waals surface area contributed by atoms with Gasteiger partial charge in [0.25, 0.3) is 10.0 Å². The van der Waals surface area contributed by atoms with Crippen molar-refractivity contribution < 1.29 is 8.42 Å². The van der Waals surface area contributed by atoms with Gasteiger partial charge in [-0.2, -0.15) is 0 Å². The predicted molar refractivity (Wildman–Crippen MR) is 115 cm³/mol. The molecule has 0 N–H and O–H groups in total. The van der Waals surface area contributed by atoms with Crippen molar-refractivity contribution in [2.45, 2.75) is 25.3 Å². The van der Waals surface area contributed by atoms with Crippen LogP contribution >= 0.6 is 11.6 Å². The van der Waals surface area contributed by atoms with Crippen molar-refractivity contribution in [1.29, 1.82) is 0 Å². The molecule has 0 atom stereocenters. The first kappa shape index (κ1) is 20.2. The molecule has 3 nitrogen and oxygen atoms in total. The molecule has 144 valence electrons. The van der Waals surface area contributed by atoms with Gasteiger partial charge in [-0.3, -0.25) is 4.31 Å². The Hall–Kier alpha value is -2.56. The Morgan fingerprint density at radius 1 is 0.857 bits per heavy atom. The topological polar surface area (TPSA) is 37.4 Å². The summed E-state index contributed by atoms with van der Waals surface area (Å²) >= 11 is 6.54. The molecule has 0 aliphatic rings. The third kappa shape index (κ3) is 4.83. The van der Waals surface area contributed by atoms with Crippen LogP contribution in [-0.2, 0) is 16.6 Å². The van der Waals surface area contributed by atoms with Crippen molar-refractivity contribution in [1.82, 2.24) is 4.31 Å². The minimum Gasteiger partial charge on any atom is -0.251 e.